The van der Waals surface area contributed by atoms with Gasteiger partial charge in [0, 0.05) is 40.4 Å². The van der Waals surface area contributed by atoms with E-state index in [-0.39, 0.29) is 29.1 Å². The molecule has 254 valence electrons. The Kier molecular flexibility index (Phi) is 11.5. The standard InChI is InChI=1S/C36H41FN4O6S/c1-20(2)19-47-31-27(46-7)13-12-25(30(31)37)24-17-38-32(39-18-24)23-10-8-22(9-11-23)16-26(33(42)40-21(3)35(44)45)41-34(43)28-14-15-29(48-28)36(4,5)6/h8-15,17-18,20-21,26H,16,19H2,1-7H3,(H,40,42)(H,41,43)(H,44,45)/t21-,26+/m1/s1. The fraction of sp³-hybridized carbons (Fsp3) is 0.361. The van der Waals surface area contributed by atoms with Gasteiger partial charge in [-0.2, -0.15) is 0 Å². The second-order valence-corrected chi connectivity index (χ2v) is 14.0. The topological polar surface area (TPSA) is 140 Å². The zero-order chi connectivity index (χ0) is 35.2. The van der Waals surface area contributed by atoms with Crippen LogP contribution in [0.4, 0.5) is 4.39 Å². The highest BCUT2D eigenvalue weighted by Crippen LogP contribution is 2.37. The van der Waals surface area contributed by atoms with E-state index >= 15 is 4.39 Å². The van der Waals surface area contributed by atoms with Gasteiger partial charge in [-0.3, -0.25) is 14.4 Å². The molecular weight excluding hydrogens is 635 g/mol. The van der Waals surface area contributed by atoms with E-state index in [0.717, 1.165) is 10.4 Å². The number of amides is 2. The number of aliphatic carboxylic acids is 1. The zero-order valence-electron chi connectivity index (χ0n) is 28.1. The molecule has 2 heterocycles. The number of nitrogens with zero attached hydrogens (tertiary/aromatic N) is 2. The minimum atomic E-state index is -1.19. The van der Waals surface area contributed by atoms with E-state index in [0.29, 0.717) is 34.2 Å². The number of thiophene rings is 1. The van der Waals surface area contributed by atoms with Gasteiger partial charge in [0.05, 0.1) is 18.6 Å². The summed E-state index contributed by atoms with van der Waals surface area (Å²) in [6, 6.07) is 11.8. The minimum absolute atomic E-state index is 0.0361. The van der Waals surface area contributed by atoms with Gasteiger partial charge in [-0.15, -0.1) is 11.3 Å². The fourth-order valence-electron chi connectivity index (χ4n) is 4.63. The summed E-state index contributed by atoms with van der Waals surface area (Å²) < 4.78 is 26.5. The summed E-state index contributed by atoms with van der Waals surface area (Å²) in [6.07, 6.45) is 3.17. The van der Waals surface area contributed by atoms with Gasteiger partial charge in [-0.05, 0) is 48.1 Å². The smallest absolute Gasteiger partial charge is 0.325 e. The molecule has 48 heavy (non-hydrogen) atoms. The lowest BCUT2D eigenvalue weighted by Gasteiger charge is -2.20. The molecule has 4 rings (SSSR count). The van der Waals surface area contributed by atoms with E-state index in [1.54, 1.807) is 42.5 Å². The molecule has 0 saturated heterocycles. The molecule has 2 atom stereocenters. The van der Waals surface area contributed by atoms with Crippen LogP contribution in [0.1, 0.15) is 61.7 Å². The predicted octanol–water partition coefficient (Wildman–Crippen LogP) is 6.28. The number of benzene rings is 2. The van der Waals surface area contributed by atoms with Crippen LogP contribution >= 0.6 is 11.3 Å². The maximum Gasteiger partial charge on any atom is 0.325 e. The molecule has 12 heteroatoms. The van der Waals surface area contributed by atoms with Gasteiger partial charge in [0.15, 0.2) is 23.1 Å². The van der Waals surface area contributed by atoms with Crippen LogP contribution in [0.5, 0.6) is 11.5 Å². The Hall–Kier alpha value is -4.84. The van der Waals surface area contributed by atoms with Crippen LogP contribution in [0.15, 0.2) is 60.9 Å². The van der Waals surface area contributed by atoms with Crippen molar-refractivity contribution >= 4 is 29.1 Å². The summed E-state index contributed by atoms with van der Waals surface area (Å²) in [4.78, 5) is 48.1. The summed E-state index contributed by atoms with van der Waals surface area (Å²) in [7, 11) is 1.46. The molecule has 0 bridgehead atoms. The number of halogens is 1. The van der Waals surface area contributed by atoms with Crippen molar-refractivity contribution in [3.8, 4) is 34.0 Å². The van der Waals surface area contributed by atoms with Crippen LogP contribution in [0.25, 0.3) is 22.5 Å². The summed E-state index contributed by atoms with van der Waals surface area (Å²) >= 11 is 1.35. The van der Waals surface area contributed by atoms with Crippen LogP contribution in [-0.2, 0) is 21.4 Å². The summed E-state index contributed by atoms with van der Waals surface area (Å²) in [5, 5.41) is 14.5. The molecule has 2 amide bonds. The summed E-state index contributed by atoms with van der Waals surface area (Å²) in [5.41, 5.74) is 2.00. The van der Waals surface area contributed by atoms with E-state index in [9.17, 15) is 19.5 Å². The molecule has 2 aromatic carbocycles. The highest BCUT2D eigenvalue weighted by molar-refractivity contribution is 7.14. The molecular formula is C36H41FN4O6S. The highest BCUT2D eigenvalue weighted by Gasteiger charge is 2.27. The molecule has 0 aliphatic rings. The van der Waals surface area contributed by atoms with Crippen molar-refractivity contribution in [2.24, 2.45) is 5.92 Å². The second-order valence-electron chi connectivity index (χ2n) is 12.9. The number of aromatic nitrogens is 2. The van der Waals surface area contributed by atoms with Crippen molar-refractivity contribution < 1.29 is 33.4 Å². The quantitative estimate of drug-likeness (QED) is 0.150. The molecule has 0 saturated carbocycles. The molecule has 4 aromatic rings. The number of methoxy groups -OCH3 is 1. The van der Waals surface area contributed by atoms with Gasteiger partial charge in [0.25, 0.3) is 5.91 Å². The molecule has 0 fully saturated rings. The number of carboxylic acids is 1. The lowest BCUT2D eigenvalue weighted by Crippen LogP contribution is -2.51. The number of rotatable bonds is 13. The monoisotopic (exact) mass is 676 g/mol. The lowest BCUT2D eigenvalue weighted by molar-refractivity contribution is -0.141. The minimum Gasteiger partial charge on any atom is -0.493 e. The highest BCUT2D eigenvalue weighted by atomic mass is 32.1. The van der Waals surface area contributed by atoms with Crippen LogP contribution in [0, 0.1) is 11.7 Å². The van der Waals surface area contributed by atoms with E-state index < -0.39 is 35.7 Å². The number of carboxylic acid groups (broad SMARTS) is 1. The Morgan fingerprint density at radius 2 is 1.60 bits per heavy atom. The van der Waals surface area contributed by atoms with Crippen molar-refractivity contribution in [3.05, 3.63) is 82.1 Å². The van der Waals surface area contributed by atoms with Crippen LogP contribution in [0.3, 0.4) is 0 Å². The van der Waals surface area contributed by atoms with Crippen molar-refractivity contribution in [1.29, 1.82) is 0 Å². The van der Waals surface area contributed by atoms with Crippen molar-refractivity contribution in [1.82, 2.24) is 20.6 Å². The second kappa shape index (κ2) is 15.4. The van der Waals surface area contributed by atoms with Gasteiger partial charge in [0.1, 0.15) is 12.1 Å². The molecule has 0 aliphatic heterocycles. The fourth-order valence-corrected chi connectivity index (χ4v) is 5.59. The lowest BCUT2D eigenvalue weighted by atomic mass is 9.95. The van der Waals surface area contributed by atoms with Crippen LogP contribution < -0.4 is 20.1 Å². The molecule has 0 spiro atoms. The average Bonchev–Trinajstić information content (AvgIpc) is 3.56. The van der Waals surface area contributed by atoms with Gasteiger partial charge in [-0.25, -0.2) is 14.4 Å². The van der Waals surface area contributed by atoms with Gasteiger partial charge in [-0.1, -0.05) is 58.9 Å². The number of ether oxygens (including phenoxy) is 2. The number of hydrogen-bond donors (Lipinski definition) is 3. The first-order chi connectivity index (χ1) is 22.7. The summed E-state index contributed by atoms with van der Waals surface area (Å²) in [6.45, 7) is 11.8. The number of carbonyl (C=O) groups is 3. The third-order valence-corrected chi connectivity index (χ3v) is 8.89. The number of nitrogens with one attached hydrogen (secondary N) is 2. The van der Waals surface area contributed by atoms with Crippen molar-refractivity contribution in [3.63, 3.8) is 0 Å². The largest absolute Gasteiger partial charge is 0.493 e. The SMILES string of the molecule is COc1ccc(-c2cnc(-c3ccc(C[C@H](NC(=O)c4ccc(C(C)(C)C)s4)C(=O)N[C@H](C)C(=O)O)cc3)nc2)c(F)c1OCC(C)C. The Morgan fingerprint density at radius 3 is 2.17 bits per heavy atom. The van der Waals surface area contributed by atoms with Gasteiger partial charge in [0.2, 0.25) is 5.91 Å². The van der Waals surface area contributed by atoms with E-state index in [2.05, 4.69) is 20.6 Å². The van der Waals surface area contributed by atoms with E-state index in [4.69, 9.17) is 9.47 Å². The summed E-state index contributed by atoms with van der Waals surface area (Å²) in [5.74, 6) is -1.85. The molecule has 2 aromatic heterocycles. The van der Waals surface area contributed by atoms with Gasteiger partial charge >= 0.3 is 5.97 Å². The molecule has 0 radical (unpaired) electrons. The normalized spacial score (nSPS) is 12.7. The van der Waals surface area contributed by atoms with Crippen LogP contribution in [-0.4, -0.2) is 58.7 Å². The molecule has 0 aliphatic carbocycles. The Balaban J connectivity index is 1.52. The zero-order valence-corrected chi connectivity index (χ0v) is 28.9. The van der Waals surface area contributed by atoms with E-state index in [1.807, 2.05) is 40.7 Å². The average molecular weight is 677 g/mol. The Labute approximate surface area is 283 Å². The van der Waals surface area contributed by atoms with Crippen molar-refractivity contribution in [2.45, 2.75) is 65.5 Å². The first kappa shape index (κ1) is 36.0. The first-order valence-corrected chi connectivity index (χ1v) is 16.3. The number of carbonyl (C=O) groups excluding carboxylic acids is 2. The maximum atomic E-state index is 15.5. The van der Waals surface area contributed by atoms with E-state index in [1.165, 1.54) is 37.8 Å². The third kappa shape index (κ3) is 8.94. The molecule has 0 unspecified atom stereocenters. The van der Waals surface area contributed by atoms with Crippen LogP contribution in [0.2, 0.25) is 0 Å². The molecule has 10 nitrogen and oxygen atoms in total. The number of hydrogen-bond acceptors (Lipinski definition) is 8. The molecule has 3 N–H and O–H groups in total. The Morgan fingerprint density at radius 1 is 0.938 bits per heavy atom. The third-order valence-electron chi connectivity index (χ3n) is 7.38. The van der Waals surface area contributed by atoms with Gasteiger partial charge < -0.3 is 25.2 Å². The Bertz CT molecular complexity index is 1750. The maximum absolute atomic E-state index is 15.5. The van der Waals surface area contributed by atoms with Crippen molar-refractivity contribution in [2.75, 3.05) is 13.7 Å². The first-order valence-electron chi connectivity index (χ1n) is 15.5. The predicted molar refractivity (Wildman–Crippen MR) is 183 cm³/mol.